The third-order valence-electron chi connectivity index (χ3n) is 2.39. The summed E-state index contributed by atoms with van der Waals surface area (Å²) in [5, 5.41) is 4.36. The lowest BCUT2D eigenvalue weighted by Gasteiger charge is -2.06. The van der Waals surface area contributed by atoms with Crippen LogP contribution in [0.4, 0.5) is 0 Å². The summed E-state index contributed by atoms with van der Waals surface area (Å²) in [5.74, 6) is 0. The van der Waals surface area contributed by atoms with Crippen molar-refractivity contribution in [3.63, 3.8) is 0 Å². The molecule has 2 rings (SSSR count). The molecule has 1 N–H and O–H groups in total. The molecule has 0 saturated carbocycles. The third-order valence-corrected chi connectivity index (χ3v) is 2.39. The molecule has 14 heavy (non-hydrogen) atoms. The lowest BCUT2D eigenvalue weighted by atomic mass is 10.1. The Labute approximate surface area is 84.0 Å². The average Bonchev–Trinajstić information content (AvgIpc) is 2.19. The van der Waals surface area contributed by atoms with Gasteiger partial charge < -0.3 is 5.32 Å². The second-order valence-electron chi connectivity index (χ2n) is 3.46. The molecule has 72 valence electrons. The minimum Gasteiger partial charge on any atom is -0.316 e. The van der Waals surface area contributed by atoms with Crippen LogP contribution in [0.5, 0.6) is 0 Å². The SMILES string of the molecule is CNCc1cc2ccccc2nc1C. The van der Waals surface area contributed by atoms with Crippen molar-refractivity contribution in [3.8, 4) is 0 Å². The van der Waals surface area contributed by atoms with Gasteiger partial charge in [0.15, 0.2) is 0 Å². The Balaban J connectivity index is 2.59. The van der Waals surface area contributed by atoms with Gasteiger partial charge in [0.2, 0.25) is 0 Å². The van der Waals surface area contributed by atoms with Crippen molar-refractivity contribution < 1.29 is 0 Å². The van der Waals surface area contributed by atoms with Gasteiger partial charge in [-0.05, 0) is 31.7 Å². The molecule has 0 fully saturated rings. The van der Waals surface area contributed by atoms with Gasteiger partial charge in [0.25, 0.3) is 0 Å². The fraction of sp³-hybridized carbons (Fsp3) is 0.250. The van der Waals surface area contributed by atoms with E-state index in [0.29, 0.717) is 0 Å². The number of fused-ring (bicyclic) bond motifs is 1. The van der Waals surface area contributed by atoms with E-state index in [9.17, 15) is 0 Å². The summed E-state index contributed by atoms with van der Waals surface area (Å²) in [6.07, 6.45) is 0. The fourth-order valence-corrected chi connectivity index (χ4v) is 1.63. The first kappa shape index (κ1) is 9.16. The summed E-state index contributed by atoms with van der Waals surface area (Å²) in [4.78, 5) is 4.55. The lowest BCUT2D eigenvalue weighted by molar-refractivity contribution is 0.807. The number of hydrogen-bond donors (Lipinski definition) is 1. The Morgan fingerprint density at radius 2 is 2.07 bits per heavy atom. The molecule has 0 spiro atoms. The van der Waals surface area contributed by atoms with Crippen LogP contribution in [0.1, 0.15) is 11.3 Å². The number of para-hydroxylation sites is 1. The summed E-state index contributed by atoms with van der Waals surface area (Å²) >= 11 is 0. The van der Waals surface area contributed by atoms with E-state index in [4.69, 9.17) is 0 Å². The topological polar surface area (TPSA) is 24.9 Å². The molecular formula is C12H14N2. The Morgan fingerprint density at radius 1 is 1.29 bits per heavy atom. The maximum Gasteiger partial charge on any atom is 0.0705 e. The highest BCUT2D eigenvalue weighted by Gasteiger charge is 2.00. The highest BCUT2D eigenvalue weighted by atomic mass is 14.8. The standard InChI is InChI=1S/C12H14N2/c1-9-11(8-13-2)7-10-5-3-4-6-12(10)14-9/h3-7,13H,8H2,1-2H3. The maximum absolute atomic E-state index is 4.55. The summed E-state index contributed by atoms with van der Waals surface area (Å²) in [6, 6.07) is 10.4. The van der Waals surface area contributed by atoms with Crippen molar-refractivity contribution in [2.45, 2.75) is 13.5 Å². The van der Waals surface area contributed by atoms with Gasteiger partial charge in [-0.25, -0.2) is 0 Å². The van der Waals surface area contributed by atoms with E-state index in [1.165, 1.54) is 10.9 Å². The van der Waals surface area contributed by atoms with Crippen LogP contribution in [0, 0.1) is 6.92 Å². The summed E-state index contributed by atoms with van der Waals surface area (Å²) < 4.78 is 0. The number of benzene rings is 1. The molecule has 0 bridgehead atoms. The van der Waals surface area contributed by atoms with E-state index in [-0.39, 0.29) is 0 Å². The smallest absolute Gasteiger partial charge is 0.0705 e. The first-order chi connectivity index (χ1) is 6.81. The van der Waals surface area contributed by atoms with Gasteiger partial charge in [-0.2, -0.15) is 0 Å². The van der Waals surface area contributed by atoms with E-state index in [1.54, 1.807) is 0 Å². The second kappa shape index (κ2) is 3.76. The minimum atomic E-state index is 0.879. The van der Waals surface area contributed by atoms with E-state index >= 15 is 0 Å². The Hall–Kier alpha value is -1.41. The molecule has 0 amide bonds. The van der Waals surface area contributed by atoms with E-state index in [1.807, 2.05) is 25.2 Å². The fourth-order valence-electron chi connectivity index (χ4n) is 1.63. The van der Waals surface area contributed by atoms with Gasteiger partial charge in [-0.3, -0.25) is 4.98 Å². The summed E-state index contributed by atoms with van der Waals surface area (Å²) in [5.41, 5.74) is 3.45. The lowest BCUT2D eigenvalue weighted by Crippen LogP contribution is -2.07. The van der Waals surface area contributed by atoms with Crippen molar-refractivity contribution in [2.24, 2.45) is 0 Å². The molecular weight excluding hydrogens is 172 g/mol. The quantitative estimate of drug-likeness (QED) is 0.778. The molecule has 2 heteroatoms. The molecule has 2 aromatic rings. The molecule has 0 radical (unpaired) electrons. The average molecular weight is 186 g/mol. The third kappa shape index (κ3) is 1.61. The number of aryl methyl sites for hydroxylation is 1. The zero-order chi connectivity index (χ0) is 9.97. The Morgan fingerprint density at radius 3 is 2.86 bits per heavy atom. The summed E-state index contributed by atoms with van der Waals surface area (Å²) in [6.45, 7) is 2.93. The summed E-state index contributed by atoms with van der Waals surface area (Å²) in [7, 11) is 1.95. The number of hydrogen-bond acceptors (Lipinski definition) is 2. The second-order valence-corrected chi connectivity index (χ2v) is 3.46. The van der Waals surface area contributed by atoms with Crippen LogP contribution in [0.25, 0.3) is 10.9 Å². The number of nitrogens with zero attached hydrogens (tertiary/aromatic N) is 1. The zero-order valence-electron chi connectivity index (χ0n) is 8.54. The highest BCUT2D eigenvalue weighted by molar-refractivity contribution is 5.79. The van der Waals surface area contributed by atoms with Gasteiger partial charge >= 0.3 is 0 Å². The van der Waals surface area contributed by atoms with Gasteiger partial charge in [0.05, 0.1) is 5.52 Å². The Bertz CT molecular complexity index is 449. The van der Waals surface area contributed by atoms with Crippen LogP contribution >= 0.6 is 0 Å². The Kier molecular flexibility index (Phi) is 2.46. The van der Waals surface area contributed by atoms with Gasteiger partial charge in [-0.1, -0.05) is 18.2 Å². The molecule has 0 aliphatic rings. The minimum absolute atomic E-state index is 0.879. The van der Waals surface area contributed by atoms with E-state index < -0.39 is 0 Å². The highest BCUT2D eigenvalue weighted by Crippen LogP contribution is 2.15. The van der Waals surface area contributed by atoms with Crippen molar-refractivity contribution in [2.75, 3.05) is 7.05 Å². The number of pyridine rings is 1. The molecule has 0 atom stereocenters. The monoisotopic (exact) mass is 186 g/mol. The van der Waals surface area contributed by atoms with Gasteiger partial charge in [0, 0.05) is 17.6 Å². The number of nitrogens with one attached hydrogen (secondary N) is 1. The maximum atomic E-state index is 4.55. The van der Waals surface area contributed by atoms with Crippen molar-refractivity contribution in [1.82, 2.24) is 10.3 Å². The largest absolute Gasteiger partial charge is 0.316 e. The van der Waals surface area contributed by atoms with Crippen LogP contribution in [0.3, 0.4) is 0 Å². The predicted octanol–water partition coefficient (Wildman–Crippen LogP) is 2.26. The van der Waals surface area contributed by atoms with Crippen molar-refractivity contribution >= 4 is 10.9 Å². The van der Waals surface area contributed by atoms with Crippen molar-refractivity contribution in [3.05, 3.63) is 41.6 Å². The van der Waals surface area contributed by atoms with Crippen molar-refractivity contribution in [1.29, 1.82) is 0 Å². The molecule has 0 aliphatic carbocycles. The molecule has 1 aromatic carbocycles. The first-order valence-corrected chi connectivity index (χ1v) is 4.81. The van der Waals surface area contributed by atoms with E-state index in [0.717, 1.165) is 17.8 Å². The van der Waals surface area contributed by atoms with Crippen LogP contribution in [-0.4, -0.2) is 12.0 Å². The van der Waals surface area contributed by atoms with Crippen LogP contribution in [-0.2, 0) is 6.54 Å². The van der Waals surface area contributed by atoms with Crippen LogP contribution < -0.4 is 5.32 Å². The number of aromatic nitrogens is 1. The van der Waals surface area contributed by atoms with Crippen LogP contribution in [0.2, 0.25) is 0 Å². The van der Waals surface area contributed by atoms with E-state index in [2.05, 4.69) is 29.4 Å². The predicted molar refractivity (Wildman–Crippen MR) is 59.2 cm³/mol. The van der Waals surface area contributed by atoms with Gasteiger partial charge in [0.1, 0.15) is 0 Å². The first-order valence-electron chi connectivity index (χ1n) is 4.81. The molecule has 1 heterocycles. The normalized spacial score (nSPS) is 10.7. The van der Waals surface area contributed by atoms with Gasteiger partial charge in [-0.15, -0.1) is 0 Å². The molecule has 0 unspecified atom stereocenters. The van der Waals surface area contributed by atoms with Crippen LogP contribution in [0.15, 0.2) is 30.3 Å². The molecule has 0 saturated heterocycles. The molecule has 2 nitrogen and oxygen atoms in total. The molecule has 1 aromatic heterocycles. The zero-order valence-corrected chi connectivity index (χ0v) is 8.54. The molecule has 0 aliphatic heterocycles. The number of rotatable bonds is 2.